The highest BCUT2D eigenvalue weighted by atomic mass is 32.2. The second kappa shape index (κ2) is 8.46. The molecule has 1 aliphatic heterocycles. The van der Waals surface area contributed by atoms with Crippen LogP contribution in [-0.4, -0.2) is 62.7 Å². The third-order valence-electron chi connectivity index (χ3n) is 3.79. The molecule has 0 radical (unpaired) electrons. The van der Waals surface area contributed by atoms with Crippen LogP contribution in [0.25, 0.3) is 0 Å². The molecule has 0 spiro atoms. The Labute approximate surface area is 159 Å². The van der Waals surface area contributed by atoms with E-state index >= 15 is 0 Å². The number of amides is 1. The van der Waals surface area contributed by atoms with Gasteiger partial charge in [-0.1, -0.05) is 5.16 Å². The molecule has 1 aromatic carbocycles. The van der Waals surface area contributed by atoms with Gasteiger partial charge in [0.1, 0.15) is 17.0 Å². The Morgan fingerprint density at radius 2 is 2.00 bits per heavy atom. The van der Waals surface area contributed by atoms with Gasteiger partial charge in [-0.2, -0.15) is 4.31 Å². The van der Waals surface area contributed by atoms with Gasteiger partial charge in [0.15, 0.2) is 12.4 Å². The Kier molecular flexibility index (Phi) is 6.02. The number of nitrogens with one attached hydrogen (secondary N) is 1. The predicted octanol–water partition coefficient (Wildman–Crippen LogP) is 0.630. The fraction of sp³-hybridized carbons (Fsp3) is 0.312. The monoisotopic (exact) mass is 413 g/mol. The maximum atomic E-state index is 14.1. The lowest BCUT2D eigenvalue weighted by Crippen LogP contribution is -2.41. The summed E-state index contributed by atoms with van der Waals surface area (Å²) in [5.41, 5.74) is -0.206. The molecular formula is C16H16FN3O7S. The highest BCUT2D eigenvalue weighted by Gasteiger charge is 2.30. The maximum Gasteiger partial charge on any atom is 0.338 e. The summed E-state index contributed by atoms with van der Waals surface area (Å²) in [5, 5.41) is 5.79. The SMILES string of the molecule is O=C(COC(=O)c1ccc(F)c(S(=O)(=O)N2CCOCC2)c1)Nc1ccon1. The van der Waals surface area contributed by atoms with Crippen LogP contribution in [0, 0.1) is 5.82 Å². The summed E-state index contributed by atoms with van der Waals surface area (Å²) in [4.78, 5) is 23.2. The van der Waals surface area contributed by atoms with E-state index < -0.39 is 39.2 Å². The molecule has 1 aromatic heterocycles. The van der Waals surface area contributed by atoms with Crippen LogP contribution in [0.2, 0.25) is 0 Å². The molecule has 0 saturated carbocycles. The van der Waals surface area contributed by atoms with Crippen molar-refractivity contribution in [2.24, 2.45) is 0 Å². The van der Waals surface area contributed by atoms with E-state index in [4.69, 9.17) is 9.47 Å². The molecule has 2 aromatic rings. The van der Waals surface area contributed by atoms with E-state index in [0.29, 0.717) is 0 Å². The molecule has 10 nitrogen and oxygen atoms in total. The fourth-order valence-electron chi connectivity index (χ4n) is 2.42. The van der Waals surface area contributed by atoms with Crippen LogP contribution in [0.1, 0.15) is 10.4 Å². The number of morpholine rings is 1. The number of ether oxygens (including phenoxy) is 2. The average Bonchev–Trinajstić information content (AvgIpc) is 3.20. The zero-order valence-electron chi connectivity index (χ0n) is 14.5. The Balaban J connectivity index is 1.69. The largest absolute Gasteiger partial charge is 0.452 e. The van der Waals surface area contributed by atoms with Crippen LogP contribution in [0.5, 0.6) is 0 Å². The van der Waals surface area contributed by atoms with Gasteiger partial charge in [0.05, 0.1) is 18.8 Å². The summed E-state index contributed by atoms with van der Waals surface area (Å²) < 4.78 is 54.9. The first-order chi connectivity index (χ1) is 13.4. The van der Waals surface area contributed by atoms with Crippen molar-refractivity contribution in [3.63, 3.8) is 0 Å². The smallest absolute Gasteiger partial charge is 0.338 e. The number of carbonyl (C=O) groups is 2. The molecule has 2 heterocycles. The summed E-state index contributed by atoms with van der Waals surface area (Å²) in [7, 11) is -4.14. The minimum absolute atomic E-state index is 0.0820. The Hall–Kier alpha value is -2.83. The van der Waals surface area contributed by atoms with Crippen molar-refractivity contribution < 1.29 is 36.4 Å². The highest BCUT2D eigenvalue weighted by Crippen LogP contribution is 2.22. The number of halogens is 1. The number of benzene rings is 1. The van der Waals surface area contributed by atoms with E-state index in [1.54, 1.807) is 0 Å². The van der Waals surface area contributed by atoms with Crippen molar-refractivity contribution in [1.29, 1.82) is 0 Å². The zero-order chi connectivity index (χ0) is 20.1. The minimum Gasteiger partial charge on any atom is -0.452 e. The molecule has 1 N–H and O–H groups in total. The van der Waals surface area contributed by atoms with E-state index in [0.717, 1.165) is 22.5 Å². The van der Waals surface area contributed by atoms with Crippen LogP contribution >= 0.6 is 0 Å². The topological polar surface area (TPSA) is 128 Å². The molecule has 12 heteroatoms. The second-order valence-corrected chi connectivity index (χ2v) is 7.58. The van der Waals surface area contributed by atoms with Crippen molar-refractivity contribution in [3.05, 3.63) is 41.9 Å². The molecular weight excluding hydrogens is 397 g/mol. The molecule has 1 fully saturated rings. The third kappa shape index (κ3) is 4.52. The number of sulfonamides is 1. The summed E-state index contributed by atoms with van der Waals surface area (Å²) in [6.07, 6.45) is 1.25. The summed E-state index contributed by atoms with van der Waals surface area (Å²) in [6.45, 7) is -0.0849. The Morgan fingerprint density at radius 3 is 2.68 bits per heavy atom. The number of esters is 1. The van der Waals surface area contributed by atoms with Crippen LogP contribution in [0.4, 0.5) is 10.2 Å². The van der Waals surface area contributed by atoms with E-state index in [9.17, 15) is 22.4 Å². The van der Waals surface area contributed by atoms with Crippen LogP contribution in [-0.2, 0) is 24.3 Å². The number of nitrogens with zero attached hydrogens (tertiary/aromatic N) is 2. The third-order valence-corrected chi connectivity index (χ3v) is 5.71. The van der Waals surface area contributed by atoms with Crippen molar-refractivity contribution in [1.82, 2.24) is 9.46 Å². The Bertz CT molecular complexity index is 957. The van der Waals surface area contributed by atoms with Crippen molar-refractivity contribution in [3.8, 4) is 0 Å². The molecule has 3 rings (SSSR count). The van der Waals surface area contributed by atoms with Crippen LogP contribution < -0.4 is 5.32 Å². The van der Waals surface area contributed by atoms with Gasteiger partial charge in [0.25, 0.3) is 5.91 Å². The van der Waals surface area contributed by atoms with Gasteiger partial charge in [0, 0.05) is 19.2 Å². The molecule has 1 saturated heterocycles. The van der Waals surface area contributed by atoms with Crippen molar-refractivity contribution in [2.75, 3.05) is 38.2 Å². The molecule has 150 valence electrons. The summed E-state index contributed by atoms with van der Waals surface area (Å²) in [6, 6.07) is 4.21. The number of aromatic nitrogens is 1. The van der Waals surface area contributed by atoms with Gasteiger partial charge in [-0.05, 0) is 18.2 Å². The summed E-state index contributed by atoms with van der Waals surface area (Å²) in [5.74, 6) is -2.51. The molecule has 0 atom stereocenters. The molecule has 28 heavy (non-hydrogen) atoms. The van der Waals surface area contributed by atoms with E-state index in [2.05, 4.69) is 15.0 Å². The first-order valence-electron chi connectivity index (χ1n) is 8.13. The molecule has 1 aliphatic rings. The van der Waals surface area contributed by atoms with Crippen LogP contribution in [0.3, 0.4) is 0 Å². The number of hydrogen-bond donors (Lipinski definition) is 1. The number of rotatable bonds is 6. The lowest BCUT2D eigenvalue weighted by molar-refractivity contribution is -0.119. The molecule has 0 aliphatic carbocycles. The maximum absolute atomic E-state index is 14.1. The lowest BCUT2D eigenvalue weighted by Gasteiger charge is -2.26. The zero-order valence-corrected chi connectivity index (χ0v) is 15.3. The van der Waals surface area contributed by atoms with E-state index in [-0.39, 0.29) is 37.7 Å². The van der Waals surface area contributed by atoms with Crippen molar-refractivity contribution in [2.45, 2.75) is 4.90 Å². The van der Waals surface area contributed by atoms with E-state index in [1.165, 1.54) is 12.3 Å². The van der Waals surface area contributed by atoms with E-state index in [1.807, 2.05) is 0 Å². The quantitative estimate of drug-likeness (QED) is 0.683. The van der Waals surface area contributed by atoms with Gasteiger partial charge in [0.2, 0.25) is 10.0 Å². The van der Waals surface area contributed by atoms with Gasteiger partial charge in [-0.15, -0.1) is 0 Å². The first-order valence-corrected chi connectivity index (χ1v) is 9.57. The number of hydrogen-bond acceptors (Lipinski definition) is 8. The van der Waals surface area contributed by atoms with Crippen molar-refractivity contribution >= 4 is 27.7 Å². The van der Waals surface area contributed by atoms with Gasteiger partial charge in [-0.25, -0.2) is 17.6 Å². The number of anilines is 1. The fourth-order valence-corrected chi connectivity index (χ4v) is 3.92. The predicted molar refractivity (Wildman–Crippen MR) is 91.4 cm³/mol. The van der Waals surface area contributed by atoms with Gasteiger partial charge in [-0.3, -0.25) is 4.79 Å². The standard InChI is InChI=1S/C16H16FN3O7S/c17-12-2-1-11(9-13(12)28(23,24)20-4-7-25-8-5-20)16(22)26-10-15(21)18-14-3-6-27-19-14/h1-3,6,9H,4-5,7-8,10H2,(H,18,19,21). The Morgan fingerprint density at radius 1 is 1.25 bits per heavy atom. The molecule has 0 bridgehead atoms. The van der Waals surface area contributed by atoms with Crippen LogP contribution in [0.15, 0.2) is 39.9 Å². The lowest BCUT2D eigenvalue weighted by atomic mass is 10.2. The highest BCUT2D eigenvalue weighted by molar-refractivity contribution is 7.89. The summed E-state index contributed by atoms with van der Waals surface area (Å²) >= 11 is 0. The first kappa shape index (κ1) is 19.9. The molecule has 0 unspecified atom stereocenters. The second-order valence-electron chi connectivity index (χ2n) is 5.67. The van der Waals surface area contributed by atoms with Gasteiger partial charge >= 0.3 is 5.97 Å². The normalized spacial score (nSPS) is 15.2. The molecule has 1 amide bonds. The van der Waals surface area contributed by atoms with Gasteiger partial charge < -0.3 is 19.3 Å². The minimum atomic E-state index is -4.14. The number of carbonyl (C=O) groups excluding carboxylic acids is 2. The average molecular weight is 413 g/mol.